The number of hydrogen-bond donors (Lipinski definition) is 1. The van der Waals surface area contributed by atoms with Gasteiger partial charge in [0, 0.05) is 21.2 Å². The second-order valence-corrected chi connectivity index (χ2v) is 6.47. The first-order chi connectivity index (χ1) is 8.84. The number of aliphatic carboxylic acids is 1. The number of carbonyl (C=O) groups excluding carboxylic acids is 1. The van der Waals surface area contributed by atoms with Crippen molar-refractivity contribution < 1.29 is 19.4 Å². The van der Waals surface area contributed by atoms with Gasteiger partial charge in [0.25, 0.3) is 0 Å². The molecule has 6 heteroatoms. The number of halogens is 1. The predicted octanol–water partition coefficient (Wildman–Crippen LogP) is 3.34. The maximum atomic E-state index is 12.1. The number of carboxylic acids is 1. The summed E-state index contributed by atoms with van der Waals surface area (Å²) in [6, 6.07) is 1.84. The zero-order valence-corrected chi connectivity index (χ0v) is 13.5. The van der Waals surface area contributed by atoms with E-state index >= 15 is 0 Å². The third-order valence-corrected chi connectivity index (χ3v) is 4.78. The molecule has 0 saturated heterocycles. The molecule has 0 spiro atoms. The van der Waals surface area contributed by atoms with E-state index < -0.39 is 17.4 Å². The summed E-state index contributed by atoms with van der Waals surface area (Å²) < 4.78 is 5.87. The van der Waals surface area contributed by atoms with E-state index in [1.54, 1.807) is 20.8 Å². The van der Waals surface area contributed by atoms with Crippen LogP contribution in [-0.4, -0.2) is 23.7 Å². The number of ether oxygens (including phenoxy) is 1. The van der Waals surface area contributed by atoms with Gasteiger partial charge >= 0.3 is 11.9 Å². The van der Waals surface area contributed by atoms with E-state index in [0.29, 0.717) is 0 Å². The van der Waals surface area contributed by atoms with Crippen LogP contribution in [0.15, 0.2) is 15.9 Å². The Kier molecular flexibility index (Phi) is 5.55. The molecule has 1 heterocycles. The van der Waals surface area contributed by atoms with Gasteiger partial charge in [0.15, 0.2) is 5.41 Å². The first kappa shape index (κ1) is 16.2. The van der Waals surface area contributed by atoms with Gasteiger partial charge in [-0.25, -0.2) is 0 Å². The highest BCUT2D eigenvalue weighted by Crippen LogP contribution is 2.36. The second kappa shape index (κ2) is 6.52. The van der Waals surface area contributed by atoms with Crippen LogP contribution in [0.1, 0.15) is 25.6 Å². The van der Waals surface area contributed by atoms with E-state index in [4.69, 9.17) is 4.74 Å². The molecule has 1 rings (SSSR count). The largest absolute Gasteiger partial charge is 0.480 e. The third kappa shape index (κ3) is 3.36. The Morgan fingerprint density at radius 3 is 2.53 bits per heavy atom. The van der Waals surface area contributed by atoms with Crippen molar-refractivity contribution in [1.29, 1.82) is 0 Å². The number of rotatable bonds is 6. The van der Waals surface area contributed by atoms with E-state index in [0.717, 1.165) is 9.35 Å². The fourth-order valence-corrected chi connectivity index (χ4v) is 3.45. The van der Waals surface area contributed by atoms with E-state index in [1.165, 1.54) is 11.3 Å². The summed E-state index contributed by atoms with van der Waals surface area (Å²) >= 11 is 4.76. The molecular weight excluding hydrogens is 332 g/mol. The molecule has 1 N–H and O–H groups in total. The van der Waals surface area contributed by atoms with Crippen LogP contribution in [0.2, 0.25) is 0 Å². The number of carbonyl (C=O) groups is 2. The van der Waals surface area contributed by atoms with Crippen molar-refractivity contribution in [1.82, 2.24) is 0 Å². The van der Waals surface area contributed by atoms with Crippen LogP contribution >= 0.6 is 27.3 Å². The molecule has 1 unspecified atom stereocenters. The number of esters is 1. The van der Waals surface area contributed by atoms with Crippen LogP contribution < -0.4 is 0 Å². The van der Waals surface area contributed by atoms with Gasteiger partial charge in [-0.2, -0.15) is 0 Å². The molecule has 0 aliphatic carbocycles. The van der Waals surface area contributed by atoms with Gasteiger partial charge in [0.2, 0.25) is 0 Å². The lowest BCUT2D eigenvalue weighted by atomic mass is 9.74. The van der Waals surface area contributed by atoms with Crippen LogP contribution in [0.5, 0.6) is 0 Å². The third-order valence-electron chi connectivity index (χ3n) is 3.08. The van der Waals surface area contributed by atoms with Crippen molar-refractivity contribution in [3.63, 3.8) is 0 Å². The van der Waals surface area contributed by atoms with Crippen molar-refractivity contribution in [2.24, 2.45) is 11.3 Å². The standard InChI is InChI=1S/C13H17BrO4S/c1-4-18-12(17)13(8(2)3,11(15)16)6-10-5-9(14)7-19-10/h5,7-8H,4,6H2,1-3H3,(H,15,16). The molecule has 0 aliphatic heterocycles. The lowest BCUT2D eigenvalue weighted by molar-refractivity contribution is -0.172. The van der Waals surface area contributed by atoms with Crippen molar-refractivity contribution in [2.45, 2.75) is 27.2 Å². The van der Waals surface area contributed by atoms with Crippen molar-refractivity contribution in [2.75, 3.05) is 6.61 Å². The van der Waals surface area contributed by atoms with Crippen LogP contribution in [0.25, 0.3) is 0 Å². The van der Waals surface area contributed by atoms with Crippen LogP contribution in [-0.2, 0) is 20.7 Å². The highest BCUT2D eigenvalue weighted by atomic mass is 79.9. The van der Waals surface area contributed by atoms with Gasteiger partial charge in [-0.1, -0.05) is 13.8 Å². The molecule has 106 valence electrons. The highest BCUT2D eigenvalue weighted by molar-refractivity contribution is 9.10. The predicted molar refractivity (Wildman–Crippen MR) is 77.3 cm³/mol. The minimum absolute atomic E-state index is 0.148. The molecule has 0 radical (unpaired) electrons. The smallest absolute Gasteiger partial charge is 0.324 e. The lowest BCUT2D eigenvalue weighted by Crippen LogP contribution is -2.46. The van der Waals surface area contributed by atoms with Gasteiger partial charge in [-0.05, 0) is 34.8 Å². The number of hydrogen-bond acceptors (Lipinski definition) is 4. The van der Waals surface area contributed by atoms with E-state index in [2.05, 4.69) is 15.9 Å². The van der Waals surface area contributed by atoms with Crippen molar-refractivity contribution in [3.8, 4) is 0 Å². The Labute approximate surface area is 124 Å². The van der Waals surface area contributed by atoms with Gasteiger partial charge in [-0.15, -0.1) is 11.3 Å². The summed E-state index contributed by atoms with van der Waals surface area (Å²) in [6.45, 7) is 5.31. The lowest BCUT2D eigenvalue weighted by Gasteiger charge is -2.30. The quantitative estimate of drug-likeness (QED) is 0.632. The molecule has 0 bridgehead atoms. The molecule has 1 aromatic heterocycles. The molecule has 0 saturated carbocycles. The maximum absolute atomic E-state index is 12.1. The number of carboxylic acid groups (broad SMARTS) is 1. The molecule has 4 nitrogen and oxygen atoms in total. The average molecular weight is 349 g/mol. The summed E-state index contributed by atoms with van der Waals surface area (Å²) in [5, 5.41) is 11.4. The maximum Gasteiger partial charge on any atom is 0.324 e. The minimum Gasteiger partial charge on any atom is -0.480 e. The van der Waals surface area contributed by atoms with Gasteiger partial charge < -0.3 is 9.84 Å². The molecule has 1 atom stereocenters. The molecule has 0 fully saturated rings. The van der Waals surface area contributed by atoms with Gasteiger partial charge in [-0.3, -0.25) is 9.59 Å². The normalized spacial score (nSPS) is 14.2. The summed E-state index contributed by atoms with van der Waals surface area (Å²) in [5.74, 6) is -2.16. The Morgan fingerprint density at radius 2 is 2.16 bits per heavy atom. The van der Waals surface area contributed by atoms with E-state index in [9.17, 15) is 14.7 Å². The summed E-state index contributed by atoms with van der Waals surface area (Å²) in [7, 11) is 0. The Bertz CT molecular complexity index is 469. The summed E-state index contributed by atoms with van der Waals surface area (Å²) in [6.07, 6.45) is 0.148. The zero-order chi connectivity index (χ0) is 14.6. The van der Waals surface area contributed by atoms with Crippen LogP contribution in [0, 0.1) is 11.3 Å². The fourth-order valence-electron chi connectivity index (χ4n) is 1.90. The first-order valence-corrected chi connectivity index (χ1v) is 7.65. The zero-order valence-electron chi connectivity index (χ0n) is 11.1. The van der Waals surface area contributed by atoms with Gasteiger partial charge in [0.05, 0.1) is 6.61 Å². The highest BCUT2D eigenvalue weighted by Gasteiger charge is 2.50. The van der Waals surface area contributed by atoms with Gasteiger partial charge in [0.1, 0.15) is 0 Å². The Balaban J connectivity index is 3.16. The molecule has 1 aromatic rings. The SMILES string of the molecule is CCOC(=O)C(Cc1cc(Br)cs1)(C(=O)O)C(C)C. The summed E-state index contributed by atoms with van der Waals surface area (Å²) in [5.41, 5.74) is -1.53. The van der Waals surface area contributed by atoms with E-state index in [-0.39, 0.29) is 18.9 Å². The average Bonchev–Trinajstić information content (AvgIpc) is 2.70. The Hall–Kier alpha value is -0.880. The van der Waals surface area contributed by atoms with E-state index in [1.807, 2.05) is 11.4 Å². The molecule has 0 aromatic carbocycles. The first-order valence-electron chi connectivity index (χ1n) is 5.98. The van der Waals surface area contributed by atoms with Crippen LogP contribution in [0.3, 0.4) is 0 Å². The molecule has 0 amide bonds. The Morgan fingerprint density at radius 1 is 1.53 bits per heavy atom. The topological polar surface area (TPSA) is 63.6 Å². The molecule has 19 heavy (non-hydrogen) atoms. The molecular formula is C13H17BrO4S. The van der Waals surface area contributed by atoms with Crippen LogP contribution in [0.4, 0.5) is 0 Å². The number of thiophene rings is 1. The molecule has 0 aliphatic rings. The monoisotopic (exact) mass is 348 g/mol. The fraction of sp³-hybridized carbons (Fsp3) is 0.538. The van der Waals surface area contributed by atoms with Crippen molar-refractivity contribution >= 4 is 39.2 Å². The summed E-state index contributed by atoms with van der Waals surface area (Å²) in [4.78, 5) is 24.7. The minimum atomic E-state index is -1.53. The second-order valence-electron chi connectivity index (χ2n) is 4.56. The van der Waals surface area contributed by atoms with Crippen molar-refractivity contribution in [3.05, 3.63) is 20.8 Å².